The Bertz CT molecular complexity index is 1120. The number of nitrogens with zero attached hydrogens (tertiary/aromatic N) is 6. The van der Waals surface area contributed by atoms with Crippen molar-refractivity contribution in [1.29, 1.82) is 0 Å². The van der Waals surface area contributed by atoms with Crippen LogP contribution in [0.4, 0.5) is 10.7 Å². The van der Waals surface area contributed by atoms with Crippen molar-refractivity contribution < 1.29 is 19.5 Å². The highest BCUT2D eigenvalue weighted by Gasteiger charge is 2.30. The smallest absolute Gasteiger partial charge is 0.407 e. The molecule has 208 valence electrons. The molecule has 2 amide bonds. The fourth-order valence-electron chi connectivity index (χ4n) is 5.09. The summed E-state index contributed by atoms with van der Waals surface area (Å²) in [7, 11) is 4.97. The molecule has 0 bridgehead atoms. The second-order valence-corrected chi connectivity index (χ2v) is 10.7. The van der Waals surface area contributed by atoms with Gasteiger partial charge in [-0.15, -0.1) is 0 Å². The molecule has 38 heavy (non-hydrogen) atoms. The quantitative estimate of drug-likeness (QED) is 0.296. The van der Waals surface area contributed by atoms with Crippen molar-refractivity contribution in [3.05, 3.63) is 23.1 Å². The number of carbonyl (C=O) groups is 2. The molecule has 0 unspecified atom stereocenters. The number of anilines is 1. The molecule has 2 aromatic heterocycles. The first-order chi connectivity index (χ1) is 18.3. The fraction of sp³-hybridized carbons (Fsp3) is 0.654. The lowest BCUT2D eigenvalue weighted by Crippen LogP contribution is -2.44. The average molecular weight is 548 g/mol. The van der Waals surface area contributed by atoms with Crippen LogP contribution in [0.25, 0.3) is 11.3 Å². The number of aryl methyl sites for hydroxylation is 1. The highest BCUT2D eigenvalue weighted by molar-refractivity contribution is 6.32. The van der Waals surface area contributed by atoms with E-state index in [1.54, 1.807) is 13.2 Å². The van der Waals surface area contributed by atoms with Crippen LogP contribution in [0.15, 0.2) is 12.4 Å². The van der Waals surface area contributed by atoms with Gasteiger partial charge in [0.05, 0.1) is 30.2 Å². The second kappa shape index (κ2) is 12.8. The average Bonchev–Trinajstić information content (AvgIpc) is 3.66. The van der Waals surface area contributed by atoms with Crippen molar-refractivity contribution in [2.24, 2.45) is 13.0 Å². The van der Waals surface area contributed by atoms with Crippen molar-refractivity contribution in [2.75, 3.05) is 26.0 Å². The zero-order chi connectivity index (χ0) is 27.2. The van der Waals surface area contributed by atoms with Crippen molar-refractivity contribution in [1.82, 2.24) is 29.7 Å². The highest BCUT2D eigenvalue weighted by Crippen LogP contribution is 2.37. The number of halogens is 1. The van der Waals surface area contributed by atoms with Gasteiger partial charge in [-0.05, 0) is 63.7 Å². The lowest BCUT2D eigenvalue weighted by molar-refractivity contribution is -0.168. The van der Waals surface area contributed by atoms with Gasteiger partial charge in [0.1, 0.15) is 0 Å². The Balaban J connectivity index is 1.31. The predicted molar refractivity (Wildman–Crippen MR) is 144 cm³/mol. The lowest BCUT2D eigenvalue weighted by atomic mass is 9.90. The number of carbonyl (C=O) groups excluding carboxylic acids is 1. The van der Waals surface area contributed by atoms with Gasteiger partial charge in [-0.1, -0.05) is 11.6 Å². The first kappa shape index (κ1) is 28.1. The first-order valence-corrected chi connectivity index (χ1v) is 13.7. The van der Waals surface area contributed by atoms with Gasteiger partial charge >= 0.3 is 6.09 Å². The molecule has 2 N–H and O–H groups in total. The minimum Gasteiger partial charge on any atom is -0.465 e. The molecule has 2 aromatic rings. The number of unbranched alkanes of at least 4 members (excludes halogenated alkanes) is 1. The molecule has 11 nitrogen and oxygen atoms in total. The summed E-state index contributed by atoms with van der Waals surface area (Å²) >= 11 is 6.50. The van der Waals surface area contributed by atoms with Crippen LogP contribution in [0.2, 0.25) is 5.02 Å². The summed E-state index contributed by atoms with van der Waals surface area (Å²) in [6.45, 7) is 0.417. The molecule has 12 heteroatoms. The standard InChI is InChI=1S/C26H38ClN7O4/c1-32-22(14-17-7-8-17)20(15-29-32)24-21(27)16-28-25(31-24)30-18-9-11-19(12-10-18)34(26(36)37)13-5-4-6-23(35)33(2)38-3/h15-19H,4-14H2,1-3H3,(H,36,37)(H,28,30,31). The molecular weight excluding hydrogens is 510 g/mol. The zero-order valence-electron chi connectivity index (χ0n) is 22.4. The van der Waals surface area contributed by atoms with E-state index in [0.717, 1.165) is 43.4 Å². The predicted octanol–water partition coefficient (Wildman–Crippen LogP) is 4.38. The number of rotatable bonds is 12. The van der Waals surface area contributed by atoms with Crippen LogP contribution in [0.1, 0.15) is 63.5 Å². The molecule has 0 radical (unpaired) electrons. The third kappa shape index (κ3) is 7.13. The van der Waals surface area contributed by atoms with Crippen molar-refractivity contribution in [2.45, 2.75) is 76.3 Å². The number of aromatic nitrogens is 4. The van der Waals surface area contributed by atoms with Crippen molar-refractivity contribution >= 4 is 29.5 Å². The maximum Gasteiger partial charge on any atom is 0.407 e. The van der Waals surface area contributed by atoms with Gasteiger partial charge in [-0.2, -0.15) is 5.10 Å². The van der Waals surface area contributed by atoms with Crippen LogP contribution in [0.5, 0.6) is 0 Å². The SMILES string of the molecule is CON(C)C(=O)CCCCN(C(=O)O)C1CCC(Nc2ncc(Cl)c(-c3cnn(C)c3CC3CC3)n2)CC1. The molecule has 2 aliphatic carbocycles. The molecule has 4 rings (SSSR count). The van der Waals surface area contributed by atoms with Gasteiger partial charge in [-0.25, -0.2) is 19.8 Å². The molecule has 0 spiro atoms. The Hall–Kier alpha value is -2.92. The van der Waals surface area contributed by atoms with Crippen LogP contribution < -0.4 is 5.32 Å². The zero-order valence-corrected chi connectivity index (χ0v) is 23.2. The summed E-state index contributed by atoms with van der Waals surface area (Å²) in [4.78, 5) is 39.4. The Kier molecular flexibility index (Phi) is 9.43. The van der Waals surface area contributed by atoms with Gasteiger partial charge in [-0.3, -0.25) is 14.3 Å². The Labute approximate surface area is 228 Å². The minimum atomic E-state index is -0.911. The fourth-order valence-corrected chi connectivity index (χ4v) is 5.28. The topological polar surface area (TPSA) is 126 Å². The number of hydrogen-bond donors (Lipinski definition) is 2. The van der Waals surface area contributed by atoms with Gasteiger partial charge in [0.2, 0.25) is 11.9 Å². The molecule has 2 heterocycles. The van der Waals surface area contributed by atoms with E-state index in [2.05, 4.69) is 15.4 Å². The molecule has 2 saturated carbocycles. The lowest BCUT2D eigenvalue weighted by Gasteiger charge is -2.35. The number of amides is 2. The van der Waals surface area contributed by atoms with E-state index in [4.69, 9.17) is 21.4 Å². The summed E-state index contributed by atoms with van der Waals surface area (Å²) in [6.07, 6.45) is 10.7. The van der Waals surface area contributed by atoms with Gasteiger partial charge < -0.3 is 15.3 Å². The number of carboxylic acid groups (broad SMARTS) is 1. The molecule has 0 aliphatic heterocycles. The van der Waals surface area contributed by atoms with E-state index in [1.807, 2.05) is 17.9 Å². The summed E-state index contributed by atoms with van der Waals surface area (Å²) in [6, 6.07) is 0.114. The Morgan fingerprint density at radius 2 is 1.92 bits per heavy atom. The molecule has 0 saturated heterocycles. The van der Waals surface area contributed by atoms with Crippen LogP contribution >= 0.6 is 11.6 Å². The molecule has 0 atom stereocenters. The number of hydroxylamine groups is 2. The van der Waals surface area contributed by atoms with Crippen LogP contribution in [0, 0.1) is 5.92 Å². The normalized spacial score (nSPS) is 19.3. The van der Waals surface area contributed by atoms with Crippen LogP contribution in [-0.4, -0.2) is 79.6 Å². The maximum atomic E-state index is 11.9. The summed E-state index contributed by atoms with van der Waals surface area (Å²) < 4.78 is 1.91. The van der Waals surface area contributed by atoms with Crippen LogP contribution in [0.3, 0.4) is 0 Å². The summed E-state index contributed by atoms with van der Waals surface area (Å²) in [5, 5.41) is 19.4. The van der Waals surface area contributed by atoms with Crippen LogP contribution in [-0.2, 0) is 23.1 Å². The molecular formula is C26H38ClN7O4. The van der Waals surface area contributed by atoms with Gasteiger partial charge in [0.15, 0.2) is 0 Å². The van der Waals surface area contributed by atoms with E-state index in [-0.39, 0.29) is 18.0 Å². The highest BCUT2D eigenvalue weighted by atomic mass is 35.5. The van der Waals surface area contributed by atoms with E-state index < -0.39 is 6.09 Å². The van der Waals surface area contributed by atoms with E-state index in [9.17, 15) is 14.7 Å². The van der Waals surface area contributed by atoms with E-state index in [1.165, 1.54) is 29.9 Å². The monoisotopic (exact) mass is 547 g/mol. The summed E-state index contributed by atoms with van der Waals surface area (Å²) in [5.41, 5.74) is 2.78. The van der Waals surface area contributed by atoms with E-state index in [0.29, 0.717) is 48.4 Å². The molecule has 2 fully saturated rings. The van der Waals surface area contributed by atoms with Crippen molar-refractivity contribution in [3.63, 3.8) is 0 Å². The van der Waals surface area contributed by atoms with Gasteiger partial charge in [0, 0.05) is 50.4 Å². The molecule has 0 aromatic carbocycles. The Morgan fingerprint density at radius 1 is 1.18 bits per heavy atom. The maximum absolute atomic E-state index is 11.9. The number of nitrogens with one attached hydrogen (secondary N) is 1. The van der Waals surface area contributed by atoms with Crippen molar-refractivity contribution in [3.8, 4) is 11.3 Å². The third-order valence-electron chi connectivity index (χ3n) is 7.62. The summed E-state index contributed by atoms with van der Waals surface area (Å²) in [5.74, 6) is 1.12. The number of hydrogen-bond acceptors (Lipinski definition) is 7. The minimum absolute atomic E-state index is 0.0371. The Morgan fingerprint density at radius 3 is 2.58 bits per heavy atom. The van der Waals surface area contributed by atoms with Gasteiger partial charge in [0.25, 0.3) is 0 Å². The third-order valence-corrected chi connectivity index (χ3v) is 7.90. The first-order valence-electron chi connectivity index (χ1n) is 13.4. The largest absolute Gasteiger partial charge is 0.465 e. The molecule has 2 aliphatic rings. The second-order valence-electron chi connectivity index (χ2n) is 10.3. The van der Waals surface area contributed by atoms with E-state index >= 15 is 0 Å².